The van der Waals surface area contributed by atoms with E-state index in [0.717, 1.165) is 33.3 Å². The summed E-state index contributed by atoms with van der Waals surface area (Å²) in [7, 11) is 0. The number of piperazine rings is 1. The van der Waals surface area contributed by atoms with Gasteiger partial charge in [0.2, 0.25) is 11.8 Å². The smallest absolute Gasteiger partial charge is 0.246 e. The molecule has 37 heavy (non-hydrogen) atoms. The minimum atomic E-state index is -0.851. The van der Waals surface area contributed by atoms with Gasteiger partial charge in [0.05, 0.1) is 25.2 Å². The van der Waals surface area contributed by atoms with Gasteiger partial charge < -0.3 is 19.9 Å². The number of hydrogen-bond acceptors (Lipinski definition) is 3. The highest BCUT2D eigenvalue weighted by atomic mass is 16.3. The average molecular weight is 494 g/mol. The zero-order valence-electron chi connectivity index (χ0n) is 21.1. The number of aromatic nitrogens is 1. The second kappa shape index (κ2) is 9.20. The predicted octanol–water partition coefficient (Wildman–Crippen LogP) is 4.71. The van der Waals surface area contributed by atoms with Crippen molar-refractivity contribution in [3.8, 4) is 0 Å². The number of β-amino-alcohol motifs (C(OH)–C–C–N with tert-alkyl or cyclic N) is 1. The molecule has 0 aliphatic carbocycles. The van der Waals surface area contributed by atoms with Crippen molar-refractivity contribution in [2.45, 2.75) is 44.4 Å². The van der Waals surface area contributed by atoms with E-state index in [-0.39, 0.29) is 30.9 Å². The van der Waals surface area contributed by atoms with E-state index >= 15 is 0 Å². The van der Waals surface area contributed by atoms with Crippen LogP contribution >= 0.6 is 0 Å². The van der Waals surface area contributed by atoms with Gasteiger partial charge in [-0.2, -0.15) is 0 Å². The number of carbonyl (C=O) groups excluding carboxylic acids is 2. The summed E-state index contributed by atoms with van der Waals surface area (Å²) in [4.78, 5) is 34.5. The number of benzene rings is 3. The van der Waals surface area contributed by atoms with Crippen molar-refractivity contribution in [1.29, 1.82) is 0 Å². The standard InChI is InChI=1S/C31H31N3O3/c1-19(2)20-12-14-22(15-13-20)30-29-24(23-10-6-7-11-25(23)32-29)16-26-31(37)33(18-28(36)34(26)30)17-27(35)21-8-4-3-5-9-21/h3-15,19,26-27,30,32,35H,16-18H2,1-2H3/t26-,27+,30-/m1/s1. The van der Waals surface area contributed by atoms with Gasteiger partial charge in [0.25, 0.3) is 0 Å². The molecule has 0 bridgehead atoms. The lowest BCUT2D eigenvalue weighted by Gasteiger charge is -2.47. The highest BCUT2D eigenvalue weighted by Crippen LogP contribution is 2.42. The number of fused-ring (bicyclic) bond motifs is 4. The van der Waals surface area contributed by atoms with Gasteiger partial charge in [0.15, 0.2) is 0 Å². The number of nitrogens with one attached hydrogen (secondary N) is 1. The molecule has 3 atom stereocenters. The summed E-state index contributed by atoms with van der Waals surface area (Å²) in [6.07, 6.45) is -0.404. The first-order valence-electron chi connectivity index (χ1n) is 12.9. The van der Waals surface area contributed by atoms with Gasteiger partial charge >= 0.3 is 0 Å². The third-order valence-corrected chi connectivity index (χ3v) is 7.84. The van der Waals surface area contributed by atoms with Crippen LogP contribution in [0.3, 0.4) is 0 Å². The molecule has 2 aliphatic rings. The highest BCUT2D eigenvalue weighted by Gasteiger charge is 2.48. The van der Waals surface area contributed by atoms with Crippen LogP contribution in [-0.2, 0) is 16.0 Å². The molecule has 0 unspecified atom stereocenters. The molecule has 0 spiro atoms. The van der Waals surface area contributed by atoms with Crippen LogP contribution in [0.2, 0.25) is 0 Å². The number of carbonyl (C=O) groups is 2. The number of para-hydroxylation sites is 1. The zero-order chi connectivity index (χ0) is 25.7. The molecular weight excluding hydrogens is 462 g/mol. The topological polar surface area (TPSA) is 76.6 Å². The molecule has 4 aromatic rings. The SMILES string of the molecule is CC(C)c1ccc([C@@H]2c3[nH]c4ccccc4c3C[C@@H]3C(=O)N(C[C@H](O)c4ccccc4)CC(=O)N23)cc1. The molecule has 2 aliphatic heterocycles. The summed E-state index contributed by atoms with van der Waals surface area (Å²) in [6.45, 7) is 4.36. The van der Waals surface area contributed by atoms with Crippen molar-refractivity contribution in [2.24, 2.45) is 0 Å². The van der Waals surface area contributed by atoms with Gasteiger partial charge in [-0.3, -0.25) is 9.59 Å². The Morgan fingerprint density at radius 1 is 0.919 bits per heavy atom. The first-order valence-corrected chi connectivity index (χ1v) is 12.9. The number of rotatable bonds is 5. The van der Waals surface area contributed by atoms with E-state index in [0.29, 0.717) is 12.3 Å². The van der Waals surface area contributed by atoms with E-state index in [4.69, 9.17) is 0 Å². The van der Waals surface area contributed by atoms with Crippen LogP contribution in [0.1, 0.15) is 59.9 Å². The van der Waals surface area contributed by atoms with Gasteiger partial charge in [-0.15, -0.1) is 0 Å². The third-order valence-electron chi connectivity index (χ3n) is 7.84. The monoisotopic (exact) mass is 493 g/mol. The molecule has 2 N–H and O–H groups in total. The molecule has 6 nitrogen and oxygen atoms in total. The Kier molecular flexibility index (Phi) is 5.84. The number of nitrogens with zero attached hydrogens (tertiary/aromatic N) is 2. The van der Waals surface area contributed by atoms with Crippen molar-refractivity contribution in [2.75, 3.05) is 13.1 Å². The first-order chi connectivity index (χ1) is 17.9. The molecule has 0 saturated carbocycles. The fraction of sp³-hybridized carbons (Fsp3) is 0.290. The van der Waals surface area contributed by atoms with Gasteiger partial charge in [-0.05, 0) is 34.2 Å². The normalized spacial score (nSPS) is 20.3. The third kappa shape index (κ3) is 4.02. The Morgan fingerprint density at radius 3 is 2.35 bits per heavy atom. The van der Waals surface area contributed by atoms with Crippen molar-refractivity contribution < 1.29 is 14.7 Å². The molecule has 6 rings (SSSR count). The number of amides is 2. The summed E-state index contributed by atoms with van der Waals surface area (Å²) in [5, 5.41) is 11.9. The molecule has 6 heteroatoms. The molecule has 2 amide bonds. The van der Waals surface area contributed by atoms with Gasteiger partial charge in [0, 0.05) is 23.0 Å². The minimum Gasteiger partial charge on any atom is -0.387 e. The van der Waals surface area contributed by atoms with Crippen LogP contribution in [0.15, 0.2) is 78.9 Å². The van der Waals surface area contributed by atoms with Crippen LogP contribution in [0.5, 0.6) is 0 Å². The highest BCUT2D eigenvalue weighted by molar-refractivity contribution is 5.97. The van der Waals surface area contributed by atoms with E-state index in [9.17, 15) is 14.7 Å². The van der Waals surface area contributed by atoms with Crippen molar-refractivity contribution in [1.82, 2.24) is 14.8 Å². The van der Waals surface area contributed by atoms with E-state index in [1.807, 2.05) is 48.5 Å². The van der Waals surface area contributed by atoms with E-state index < -0.39 is 12.1 Å². The van der Waals surface area contributed by atoms with Gasteiger partial charge in [-0.25, -0.2) is 0 Å². The Balaban J connectivity index is 1.40. The second-order valence-electron chi connectivity index (χ2n) is 10.5. The molecule has 3 heterocycles. The van der Waals surface area contributed by atoms with Crippen LogP contribution in [-0.4, -0.2) is 50.8 Å². The van der Waals surface area contributed by atoms with Crippen LogP contribution in [0.25, 0.3) is 10.9 Å². The quantitative estimate of drug-likeness (QED) is 0.423. The zero-order valence-corrected chi connectivity index (χ0v) is 21.1. The maximum atomic E-state index is 13.9. The molecular formula is C31H31N3O3. The Morgan fingerprint density at radius 2 is 1.62 bits per heavy atom. The maximum Gasteiger partial charge on any atom is 0.246 e. The van der Waals surface area contributed by atoms with Crippen molar-refractivity contribution in [3.05, 3.63) is 107 Å². The molecule has 1 saturated heterocycles. The molecule has 3 aromatic carbocycles. The number of aliphatic hydroxyl groups is 1. The van der Waals surface area contributed by atoms with Gasteiger partial charge in [-0.1, -0.05) is 86.6 Å². The molecule has 0 radical (unpaired) electrons. The Bertz CT molecular complexity index is 1460. The number of aliphatic hydroxyl groups excluding tert-OH is 1. The molecule has 1 fully saturated rings. The fourth-order valence-electron chi connectivity index (χ4n) is 5.88. The Labute approximate surface area is 216 Å². The van der Waals surface area contributed by atoms with Crippen LogP contribution in [0.4, 0.5) is 0 Å². The van der Waals surface area contributed by atoms with Gasteiger partial charge in [0.1, 0.15) is 6.04 Å². The molecule has 1 aromatic heterocycles. The lowest BCUT2D eigenvalue weighted by atomic mass is 9.85. The van der Waals surface area contributed by atoms with E-state index in [1.165, 1.54) is 10.5 Å². The number of hydrogen-bond donors (Lipinski definition) is 2. The maximum absolute atomic E-state index is 13.9. The Hall–Kier alpha value is -3.90. The van der Waals surface area contributed by atoms with Crippen molar-refractivity contribution >= 4 is 22.7 Å². The van der Waals surface area contributed by atoms with E-state index in [1.54, 1.807) is 4.90 Å². The lowest BCUT2D eigenvalue weighted by molar-refractivity contribution is -0.159. The first kappa shape index (κ1) is 23.5. The predicted molar refractivity (Wildman–Crippen MR) is 143 cm³/mol. The summed E-state index contributed by atoms with van der Waals surface area (Å²) < 4.78 is 0. The number of H-pyrrole nitrogens is 1. The van der Waals surface area contributed by atoms with E-state index in [2.05, 4.69) is 49.2 Å². The minimum absolute atomic E-state index is 0.0463. The van der Waals surface area contributed by atoms with Crippen molar-refractivity contribution in [3.63, 3.8) is 0 Å². The average Bonchev–Trinajstić information content (AvgIpc) is 3.29. The lowest BCUT2D eigenvalue weighted by Crippen LogP contribution is -2.63. The molecule has 188 valence electrons. The van der Waals surface area contributed by atoms with Crippen LogP contribution < -0.4 is 0 Å². The summed E-state index contributed by atoms with van der Waals surface area (Å²) in [5.74, 6) is 0.181. The summed E-state index contributed by atoms with van der Waals surface area (Å²) in [5.41, 5.74) is 6.02. The number of aromatic amines is 1. The largest absolute Gasteiger partial charge is 0.387 e. The summed E-state index contributed by atoms with van der Waals surface area (Å²) >= 11 is 0. The second-order valence-corrected chi connectivity index (χ2v) is 10.5. The summed E-state index contributed by atoms with van der Waals surface area (Å²) in [6, 6.07) is 24.8. The fourth-order valence-corrected chi connectivity index (χ4v) is 5.88. The van der Waals surface area contributed by atoms with Crippen LogP contribution in [0, 0.1) is 0 Å².